The van der Waals surface area contributed by atoms with Gasteiger partial charge in [-0.05, 0) is 60.5 Å². The molecule has 6 rings (SSSR count). The number of carbonyl (C=O) groups is 2. The Morgan fingerprint density at radius 3 is 2.41 bits per heavy atom. The molecule has 8 heteroatoms. The second kappa shape index (κ2) is 8.58. The lowest BCUT2D eigenvalue weighted by Gasteiger charge is -2.33. The molecule has 2 aliphatic rings. The Bertz CT molecular complexity index is 1530. The number of hydrogen-bond acceptors (Lipinski definition) is 6. The fraction of sp³-hybridized carbons (Fsp3) is 0.241. The van der Waals surface area contributed by atoms with Gasteiger partial charge in [0.05, 0.1) is 26.7 Å². The maximum atomic E-state index is 13.8. The minimum atomic E-state index is -0.688. The van der Waals surface area contributed by atoms with Crippen molar-refractivity contribution in [2.45, 2.75) is 18.0 Å². The van der Waals surface area contributed by atoms with E-state index < -0.39 is 17.6 Å². The zero-order chi connectivity index (χ0) is 25.7. The highest BCUT2D eigenvalue weighted by Gasteiger charge is 2.58. The summed E-state index contributed by atoms with van der Waals surface area (Å²) in [6, 6.07) is 20.9. The fourth-order valence-corrected chi connectivity index (χ4v) is 5.99. The molecule has 0 bridgehead atoms. The molecular weight excluding hydrogens is 470 g/mol. The van der Waals surface area contributed by atoms with Crippen molar-refractivity contribution in [2.24, 2.45) is 0 Å². The highest BCUT2D eigenvalue weighted by atomic mass is 16.5. The number of ether oxygens (including phenoxy) is 3. The Kier molecular flexibility index (Phi) is 5.33. The number of rotatable bonds is 5. The number of hydrogen-bond donors (Lipinski definition) is 2. The first-order valence-electron chi connectivity index (χ1n) is 12.1. The molecule has 2 unspecified atom stereocenters. The van der Waals surface area contributed by atoms with Crippen molar-refractivity contribution < 1.29 is 23.8 Å². The second-order valence-electron chi connectivity index (χ2n) is 9.32. The summed E-state index contributed by atoms with van der Waals surface area (Å²) in [6.07, 6.45) is 0.214. The number of amides is 1. The molecule has 0 saturated carbocycles. The summed E-state index contributed by atoms with van der Waals surface area (Å²) in [5, 5.41) is 4.47. The van der Waals surface area contributed by atoms with Crippen LogP contribution in [0.25, 0.3) is 10.9 Å². The number of fused-ring (bicyclic) bond motifs is 4. The molecule has 188 valence electrons. The Labute approximate surface area is 214 Å². The van der Waals surface area contributed by atoms with Gasteiger partial charge in [-0.1, -0.05) is 18.2 Å². The monoisotopic (exact) mass is 497 g/mol. The molecule has 0 aliphatic carbocycles. The lowest BCUT2D eigenvalue weighted by atomic mass is 9.72. The standard InChI is InChI=1S/C29H27N3O5/c1-35-18-10-8-17(9-11-18)26(33)32-15-14-29(21-6-4-5-7-23(21)31-28(29)32)24-20-16-19(36-2)12-13-22(20)30-25(24)27(34)37-3/h4-13,16,28,30-31H,14-15H2,1-3H3. The number of benzene rings is 3. The van der Waals surface area contributed by atoms with Gasteiger partial charge >= 0.3 is 5.97 Å². The number of likely N-dealkylation sites (tertiary alicyclic amines) is 1. The van der Waals surface area contributed by atoms with Crippen LogP contribution >= 0.6 is 0 Å². The van der Waals surface area contributed by atoms with Crippen molar-refractivity contribution in [3.8, 4) is 11.5 Å². The van der Waals surface area contributed by atoms with Crippen molar-refractivity contribution in [1.82, 2.24) is 9.88 Å². The predicted molar refractivity (Wildman–Crippen MR) is 139 cm³/mol. The number of aromatic amines is 1. The normalized spacial score (nSPS) is 19.8. The lowest BCUT2D eigenvalue weighted by Crippen LogP contribution is -2.47. The Morgan fingerprint density at radius 1 is 0.946 bits per heavy atom. The van der Waals surface area contributed by atoms with Gasteiger partial charge in [0.15, 0.2) is 0 Å². The van der Waals surface area contributed by atoms with Gasteiger partial charge in [-0.15, -0.1) is 0 Å². The van der Waals surface area contributed by atoms with Crippen LogP contribution in [0.3, 0.4) is 0 Å². The minimum Gasteiger partial charge on any atom is -0.497 e. The van der Waals surface area contributed by atoms with E-state index >= 15 is 0 Å². The maximum absolute atomic E-state index is 13.8. The van der Waals surface area contributed by atoms with Gasteiger partial charge in [0.2, 0.25) is 0 Å². The Morgan fingerprint density at radius 2 is 1.68 bits per heavy atom. The molecule has 0 spiro atoms. The molecule has 1 aromatic heterocycles. The quantitative estimate of drug-likeness (QED) is 0.393. The highest BCUT2D eigenvalue weighted by molar-refractivity contribution is 6.02. The number of aromatic nitrogens is 1. The molecule has 37 heavy (non-hydrogen) atoms. The number of methoxy groups -OCH3 is 3. The van der Waals surface area contributed by atoms with E-state index in [0.717, 1.165) is 27.7 Å². The first-order chi connectivity index (χ1) is 18.0. The van der Waals surface area contributed by atoms with Crippen molar-refractivity contribution in [2.75, 3.05) is 33.2 Å². The van der Waals surface area contributed by atoms with E-state index in [1.54, 1.807) is 38.5 Å². The van der Waals surface area contributed by atoms with E-state index in [0.29, 0.717) is 35.7 Å². The van der Waals surface area contributed by atoms with Crippen LogP contribution in [0.1, 0.15) is 38.4 Å². The summed E-state index contributed by atoms with van der Waals surface area (Å²) in [4.78, 5) is 32.1. The third-order valence-corrected chi connectivity index (χ3v) is 7.66. The lowest BCUT2D eigenvalue weighted by molar-refractivity contribution is 0.0592. The zero-order valence-corrected chi connectivity index (χ0v) is 20.8. The first kappa shape index (κ1) is 23.0. The molecule has 4 aromatic rings. The highest BCUT2D eigenvalue weighted by Crippen LogP contribution is 2.55. The fourth-order valence-electron chi connectivity index (χ4n) is 5.99. The van der Waals surface area contributed by atoms with Crippen molar-refractivity contribution in [3.63, 3.8) is 0 Å². The van der Waals surface area contributed by atoms with Gasteiger partial charge in [0.25, 0.3) is 5.91 Å². The maximum Gasteiger partial charge on any atom is 0.354 e. The van der Waals surface area contributed by atoms with Crippen LogP contribution in [0.4, 0.5) is 5.69 Å². The summed E-state index contributed by atoms with van der Waals surface area (Å²) >= 11 is 0. The molecule has 2 aliphatic heterocycles. The van der Waals surface area contributed by atoms with Gasteiger partial charge in [-0.3, -0.25) is 4.79 Å². The Hall–Kier alpha value is -4.46. The topological polar surface area (TPSA) is 92.9 Å². The first-order valence-corrected chi connectivity index (χ1v) is 12.1. The van der Waals surface area contributed by atoms with Crippen molar-refractivity contribution >= 4 is 28.5 Å². The van der Waals surface area contributed by atoms with Crippen molar-refractivity contribution in [3.05, 3.63) is 89.1 Å². The van der Waals surface area contributed by atoms with Crippen LogP contribution < -0.4 is 14.8 Å². The van der Waals surface area contributed by atoms with E-state index in [-0.39, 0.29) is 5.91 Å². The average Bonchev–Trinajstić information content (AvgIpc) is 3.60. The molecule has 8 nitrogen and oxygen atoms in total. The molecule has 1 saturated heterocycles. The Balaban J connectivity index is 1.56. The van der Waals surface area contributed by atoms with Crippen LogP contribution in [0, 0.1) is 0 Å². The van der Waals surface area contributed by atoms with E-state index in [1.165, 1.54) is 7.11 Å². The number of carbonyl (C=O) groups excluding carboxylic acids is 2. The third-order valence-electron chi connectivity index (χ3n) is 7.66. The van der Waals surface area contributed by atoms with E-state index in [1.807, 2.05) is 41.3 Å². The molecular formula is C29H27N3O5. The summed E-state index contributed by atoms with van der Waals surface area (Å²) < 4.78 is 16.0. The van der Waals surface area contributed by atoms with Crippen LogP contribution in [-0.2, 0) is 10.2 Å². The van der Waals surface area contributed by atoms with Gasteiger partial charge in [-0.2, -0.15) is 0 Å². The predicted octanol–water partition coefficient (Wildman–Crippen LogP) is 4.56. The molecule has 1 fully saturated rings. The van der Waals surface area contributed by atoms with Crippen LogP contribution in [0.5, 0.6) is 11.5 Å². The number of anilines is 1. The summed E-state index contributed by atoms with van der Waals surface area (Å²) in [6.45, 7) is 0.508. The van der Waals surface area contributed by atoms with Gasteiger partial charge in [0.1, 0.15) is 23.4 Å². The second-order valence-corrected chi connectivity index (χ2v) is 9.32. The number of H-pyrrole nitrogens is 1. The zero-order valence-electron chi connectivity index (χ0n) is 20.8. The van der Waals surface area contributed by atoms with E-state index in [4.69, 9.17) is 14.2 Å². The minimum absolute atomic E-state index is 0.0909. The van der Waals surface area contributed by atoms with E-state index in [2.05, 4.69) is 16.4 Å². The van der Waals surface area contributed by atoms with Crippen LogP contribution in [0.15, 0.2) is 66.7 Å². The van der Waals surface area contributed by atoms with Crippen LogP contribution in [0.2, 0.25) is 0 Å². The number of para-hydroxylation sites is 1. The summed E-state index contributed by atoms with van der Waals surface area (Å²) in [5.74, 6) is 0.823. The average molecular weight is 498 g/mol. The smallest absolute Gasteiger partial charge is 0.354 e. The molecule has 2 atom stereocenters. The molecule has 3 aromatic carbocycles. The number of nitrogens with one attached hydrogen (secondary N) is 2. The van der Waals surface area contributed by atoms with Gasteiger partial charge in [-0.25, -0.2) is 4.79 Å². The third kappa shape index (κ3) is 3.28. The van der Waals surface area contributed by atoms with Crippen LogP contribution in [-0.4, -0.2) is 55.8 Å². The van der Waals surface area contributed by atoms with Gasteiger partial charge < -0.3 is 29.4 Å². The van der Waals surface area contributed by atoms with E-state index in [9.17, 15) is 9.59 Å². The number of nitrogens with zero attached hydrogens (tertiary/aromatic N) is 1. The van der Waals surface area contributed by atoms with Gasteiger partial charge in [0, 0.05) is 34.3 Å². The molecule has 0 radical (unpaired) electrons. The SMILES string of the molecule is COC(=O)c1[nH]c2ccc(OC)cc2c1C12CCN(C(=O)c3ccc(OC)cc3)C1Nc1ccccc12. The molecule has 3 heterocycles. The largest absolute Gasteiger partial charge is 0.497 e. The molecule has 1 amide bonds. The molecule has 2 N–H and O–H groups in total. The summed E-state index contributed by atoms with van der Waals surface area (Å²) in [7, 11) is 4.59. The summed E-state index contributed by atoms with van der Waals surface area (Å²) in [5.41, 5.74) is 3.85. The number of esters is 1. The van der Waals surface area contributed by atoms with Crippen molar-refractivity contribution in [1.29, 1.82) is 0 Å².